The van der Waals surface area contributed by atoms with Gasteiger partial charge in [-0.1, -0.05) is 17.7 Å². The lowest BCUT2D eigenvalue weighted by molar-refractivity contribution is 0.419. The van der Waals surface area contributed by atoms with Crippen LogP contribution in [-0.2, 0) is 6.42 Å². The fraction of sp³-hybridized carbons (Fsp3) is 0.571. The highest BCUT2D eigenvalue weighted by molar-refractivity contribution is 6.30. The third kappa shape index (κ3) is 6.04. The van der Waals surface area contributed by atoms with Crippen LogP contribution < -0.4 is 5.32 Å². The normalized spacial score (nSPS) is 11.8. The van der Waals surface area contributed by atoms with Gasteiger partial charge in [-0.05, 0) is 64.3 Å². The van der Waals surface area contributed by atoms with Gasteiger partial charge >= 0.3 is 0 Å². The Morgan fingerprint density at radius 3 is 2.53 bits per heavy atom. The van der Waals surface area contributed by atoms with Crippen LogP contribution in [-0.4, -0.2) is 12.1 Å². The Bertz CT molecular complexity index is 358. The second-order valence-corrected chi connectivity index (χ2v) is 5.79. The molecule has 0 fully saturated rings. The van der Waals surface area contributed by atoms with Crippen molar-refractivity contribution in [2.45, 2.75) is 45.6 Å². The highest BCUT2D eigenvalue weighted by atomic mass is 35.5. The van der Waals surface area contributed by atoms with Gasteiger partial charge in [0.05, 0.1) is 5.02 Å². The summed E-state index contributed by atoms with van der Waals surface area (Å²) in [5.41, 5.74) is 1.28. The number of nitrogens with one attached hydrogen (secondary N) is 1. The van der Waals surface area contributed by atoms with E-state index in [-0.39, 0.29) is 16.4 Å². The summed E-state index contributed by atoms with van der Waals surface area (Å²) in [5, 5.41) is 3.66. The molecule has 96 valence electrons. The zero-order valence-corrected chi connectivity index (χ0v) is 11.6. The van der Waals surface area contributed by atoms with Crippen LogP contribution in [0.25, 0.3) is 0 Å². The van der Waals surface area contributed by atoms with E-state index in [1.807, 2.05) is 0 Å². The molecule has 3 heteroatoms. The van der Waals surface area contributed by atoms with Gasteiger partial charge in [0.1, 0.15) is 5.82 Å². The molecule has 0 aliphatic rings. The number of hydrogen-bond donors (Lipinski definition) is 1. The lowest BCUT2D eigenvalue weighted by Crippen LogP contribution is -2.36. The van der Waals surface area contributed by atoms with Crippen molar-refractivity contribution in [1.82, 2.24) is 5.32 Å². The van der Waals surface area contributed by atoms with Gasteiger partial charge in [-0.2, -0.15) is 0 Å². The maximum absolute atomic E-state index is 12.9. The number of unbranched alkanes of at least 4 members (excludes halogenated alkanes) is 1. The zero-order valence-electron chi connectivity index (χ0n) is 10.8. The zero-order chi connectivity index (χ0) is 12.9. The van der Waals surface area contributed by atoms with Gasteiger partial charge in [0, 0.05) is 5.54 Å². The summed E-state index contributed by atoms with van der Waals surface area (Å²) < 4.78 is 12.9. The SMILES string of the molecule is CC(C)(C)NCCCCc1ccc(F)c(Cl)c1. The van der Waals surface area contributed by atoms with Crippen LogP contribution in [0.5, 0.6) is 0 Å². The van der Waals surface area contributed by atoms with Crippen molar-refractivity contribution in [3.8, 4) is 0 Å². The van der Waals surface area contributed by atoms with Crippen LogP contribution in [0.1, 0.15) is 39.2 Å². The van der Waals surface area contributed by atoms with Gasteiger partial charge in [0.2, 0.25) is 0 Å². The molecule has 0 unspecified atom stereocenters. The van der Waals surface area contributed by atoms with Crippen molar-refractivity contribution in [1.29, 1.82) is 0 Å². The predicted octanol–water partition coefficient (Wildman–Crippen LogP) is 4.19. The van der Waals surface area contributed by atoms with Crippen molar-refractivity contribution in [3.63, 3.8) is 0 Å². The van der Waals surface area contributed by atoms with Gasteiger partial charge in [-0.15, -0.1) is 0 Å². The summed E-state index contributed by atoms with van der Waals surface area (Å²) in [5.74, 6) is -0.343. The summed E-state index contributed by atoms with van der Waals surface area (Å²) >= 11 is 5.73. The molecule has 0 amide bonds. The molecular weight excluding hydrogens is 237 g/mol. The molecule has 1 aromatic rings. The Balaban J connectivity index is 2.25. The maximum Gasteiger partial charge on any atom is 0.141 e. The average Bonchev–Trinajstić information content (AvgIpc) is 2.21. The minimum absolute atomic E-state index is 0.180. The van der Waals surface area contributed by atoms with Crippen molar-refractivity contribution in [2.75, 3.05) is 6.54 Å². The summed E-state index contributed by atoms with van der Waals surface area (Å²) in [7, 11) is 0. The Morgan fingerprint density at radius 1 is 1.24 bits per heavy atom. The molecule has 0 bridgehead atoms. The third-order valence-electron chi connectivity index (χ3n) is 2.53. The second-order valence-electron chi connectivity index (χ2n) is 5.38. The topological polar surface area (TPSA) is 12.0 Å². The smallest absolute Gasteiger partial charge is 0.141 e. The second kappa shape index (κ2) is 6.36. The molecule has 1 rings (SSSR count). The van der Waals surface area contributed by atoms with Crippen molar-refractivity contribution < 1.29 is 4.39 Å². The lowest BCUT2D eigenvalue weighted by Gasteiger charge is -2.20. The van der Waals surface area contributed by atoms with Gasteiger partial charge < -0.3 is 5.32 Å². The minimum Gasteiger partial charge on any atom is -0.312 e. The first-order valence-electron chi connectivity index (χ1n) is 6.07. The molecule has 0 aromatic heterocycles. The molecule has 0 spiro atoms. The van der Waals surface area contributed by atoms with Gasteiger partial charge in [0.25, 0.3) is 0 Å². The third-order valence-corrected chi connectivity index (χ3v) is 2.82. The Hall–Kier alpha value is -0.600. The van der Waals surface area contributed by atoms with Crippen LogP contribution in [0.2, 0.25) is 5.02 Å². The molecule has 1 nitrogen and oxygen atoms in total. The van der Waals surface area contributed by atoms with E-state index in [9.17, 15) is 4.39 Å². The van der Waals surface area contributed by atoms with Crippen LogP contribution in [0.15, 0.2) is 18.2 Å². The molecule has 0 aliphatic heterocycles. The minimum atomic E-state index is -0.343. The summed E-state index contributed by atoms with van der Waals surface area (Å²) in [6.07, 6.45) is 3.16. The van der Waals surface area contributed by atoms with Gasteiger partial charge in [-0.3, -0.25) is 0 Å². The monoisotopic (exact) mass is 257 g/mol. The Labute approximate surface area is 108 Å². The van der Waals surface area contributed by atoms with E-state index >= 15 is 0 Å². The van der Waals surface area contributed by atoms with Gasteiger partial charge in [0.15, 0.2) is 0 Å². The molecule has 0 aliphatic carbocycles. The maximum atomic E-state index is 12.9. The summed E-state index contributed by atoms with van der Waals surface area (Å²) in [4.78, 5) is 0. The quantitative estimate of drug-likeness (QED) is 0.780. The molecule has 1 N–H and O–H groups in total. The number of aryl methyl sites for hydroxylation is 1. The van der Waals surface area contributed by atoms with E-state index in [0.717, 1.165) is 31.4 Å². The number of rotatable bonds is 5. The fourth-order valence-corrected chi connectivity index (χ4v) is 1.82. The van der Waals surface area contributed by atoms with E-state index in [0.29, 0.717) is 0 Å². The fourth-order valence-electron chi connectivity index (χ4n) is 1.61. The standard InChI is InChI=1S/C14H21ClFN/c1-14(2,3)17-9-5-4-6-11-7-8-13(16)12(15)10-11/h7-8,10,17H,4-6,9H2,1-3H3. The van der Waals surface area contributed by atoms with E-state index in [4.69, 9.17) is 11.6 Å². The molecule has 0 saturated carbocycles. The molecule has 1 aromatic carbocycles. The van der Waals surface area contributed by atoms with E-state index in [2.05, 4.69) is 26.1 Å². The molecule has 0 atom stereocenters. The number of hydrogen-bond acceptors (Lipinski definition) is 1. The average molecular weight is 258 g/mol. The van der Waals surface area contributed by atoms with Crippen LogP contribution in [0.4, 0.5) is 4.39 Å². The molecule has 0 saturated heterocycles. The highest BCUT2D eigenvalue weighted by Crippen LogP contribution is 2.17. The molecule has 0 heterocycles. The largest absolute Gasteiger partial charge is 0.312 e. The molecule has 17 heavy (non-hydrogen) atoms. The van der Waals surface area contributed by atoms with E-state index < -0.39 is 0 Å². The first kappa shape index (κ1) is 14.5. The molecular formula is C14H21ClFN. The number of halogens is 2. The van der Waals surface area contributed by atoms with Crippen LogP contribution >= 0.6 is 11.6 Å². The summed E-state index contributed by atoms with van der Waals surface area (Å²) in [6, 6.07) is 4.96. The van der Waals surface area contributed by atoms with Gasteiger partial charge in [-0.25, -0.2) is 4.39 Å². The lowest BCUT2D eigenvalue weighted by atomic mass is 10.1. The highest BCUT2D eigenvalue weighted by Gasteiger charge is 2.07. The first-order valence-corrected chi connectivity index (χ1v) is 6.45. The predicted molar refractivity (Wildman–Crippen MR) is 72.1 cm³/mol. The van der Waals surface area contributed by atoms with Crippen molar-refractivity contribution >= 4 is 11.6 Å². The van der Waals surface area contributed by atoms with Crippen molar-refractivity contribution in [2.24, 2.45) is 0 Å². The van der Waals surface area contributed by atoms with Crippen LogP contribution in [0, 0.1) is 5.82 Å². The summed E-state index contributed by atoms with van der Waals surface area (Å²) in [6.45, 7) is 7.49. The van der Waals surface area contributed by atoms with Crippen molar-refractivity contribution in [3.05, 3.63) is 34.6 Å². The van der Waals surface area contributed by atoms with Crippen LogP contribution in [0.3, 0.4) is 0 Å². The first-order chi connectivity index (χ1) is 7.88. The Kier molecular flexibility index (Phi) is 5.41. The Morgan fingerprint density at radius 2 is 1.94 bits per heavy atom. The van der Waals surface area contributed by atoms with E-state index in [1.54, 1.807) is 12.1 Å². The number of benzene rings is 1. The molecule has 0 radical (unpaired) electrons. The van der Waals surface area contributed by atoms with E-state index in [1.165, 1.54) is 6.07 Å².